The van der Waals surface area contributed by atoms with Crippen LogP contribution in [0.5, 0.6) is 0 Å². The van der Waals surface area contributed by atoms with E-state index < -0.39 is 19.9 Å². The molecule has 1 N–H and O–H groups in total. The number of hydrogen-bond donors (Lipinski definition) is 1. The SMILES string of the molecule is CNCc1cc(S(=O)(=O)N2CCS(=O)(=O)CC2)c(Br)o1. The van der Waals surface area contributed by atoms with Crippen molar-refractivity contribution in [1.82, 2.24) is 9.62 Å². The molecule has 0 atom stereocenters. The molecule has 2 rings (SSSR count). The summed E-state index contributed by atoms with van der Waals surface area (Å²) in [5, 5.41) is 2.86. The number of sulfonamides is 1. The molecule has 10 heteroatoms. The molecule has 2 heterocycles. The van der Waals surface area contributed by atoms with Crippen LogP contribution >= 0.6 is 15.9 Å². The van der Waals surface area contributed by atoms with Crippen molar-refractivity contribution in [3.8, 4) is 0 Å². The molecule has 114 valence electrons. The summed E-state index contributed by atoms with van der Waals surface area (Å²) in [6.45, 7) is 0.357. The third kappa shape index (κ3) is 3.25. The number of nitrogens with one attached hydrogen (secondary N) is 1. The van der Waals surface area contributed by atoms with Crippen LogP contribution in [-0.2, 0) is 26.4 Å². The zero-order valence-electron chi connectivity index (χ0n) is 10.8. The first kappa shape index (κ1) is 16.0. The van der Waals surface area contributed by atoms with Crippen molar-refractivity contribution in [3.63, 3.8) is 0 Å². The van der Waals surface area contributed by atoms with Gasteiger partial charge in [-0.15, -0.1) is 0 Å². The van der Waals surface area contributed by atoms with Crippen molar-refractivity contribution in [2.45, 2.75) is 11.4 Å². The molecule has 1 aliphatic rings. The second kappa shape index (κ2) is 5.76. The lowest BCUT2D eigenvalue weighted by Crippen LogP contribution is -2.43. The minimum Gasteiger partial charge on any atom is -0.452 e. The minimum absolute atomic E-state index is 0.0242. The highest BCUT2D eigenvalue weighted by molar-refractivity contribution is 9.10. The molecule has 0 aliphatic carbocycles. The van der Waals surface area contributed by atoms with Crippen LogP contribution in [0.2, 0.25) is 0 Å². The molecule has 1 fully saturated rings. The van der Waals surface area contributed by atoms with Gasteiger partial charge in [-0.2, -0.15) is 4.31 Å². The van der Waals surface area contributed by atoms with Crippen LogP contribution in [0.15, 0.2) is 20.0 Å². The van der Waals surface area contributed by atoms with Crippen molar-refractivity contribution < 1.29 is 21.3 Å². The Morgan fingerprint density at radius 2 is 2.00 bits per heavy atom. The van der Waals surface area contributed by atoms with Gasteiger partial charge in [0.2, 0.25) is 10.0 Å². The molecule has 0 saturated carbocycles. The predicted molar refractivity (Wildman–Crippen MR) is 76.6 cm³/mol. The number of rotatable bonds is 4. The topological polar surface area (TPSA) is 96.7 Å². The van der Waals surface area contributed by atoms with Crippen molar-refractivity contribution in [3.05, 3.63) is 16.5 Å². The summed E-state index contributed by atoms with van der Waals surface area (Å²) < 4.78 is 54.2. The number of hydrogen-bond acceptors (Lipinski definition) is 6. The van der Waals surface area contributed by atoms with E-state index in [4.69, 9.17) is 4.42 Å². The van der Waals surface area contributed by atoms with E-state index in [1.54, 1.807) is 7.05 Å². The smallest absolute Gasteiger partial charge is 0.247 e. The average molecular weight is 387 g/mol. The van der Waals surface area contributed by atoms with Gasteiger partial charge in [0.15, 0.2) is 14.5 Å². The maximum Gasteiger partial charge on any atom is 0.247 e. The second-order valence-electron chi connectivity index (χ2n) is 4.44. The first-order valence-electron chi connectivity index (χ1n) is 5.89. The third-order valence-corrected chi connectivity index (χ3v) is 7.34. The summed E-state index contributed by atoms with van der Waals surface area (Å²) in [5.41, 5.74) is 0. The van der Waals surface area contributed by atoms with Crippen LogP contribution in [0.3, 0.4) is 0 Å². The quantitative estimate of drug-likeness (QED) is 0.792. The van der Waals surface area contributed by atoms with E-state index in [9.17, 15) is 16.8 Å². The van der Waals surface area contributed by atoms with E-state index in [1.165, 1.54) is 10.4 Å². The van der Waals surface area contributed by atoms with Gasteiger partial charge in [0.25, 0.3) is 0 Å². The molecule has 0 aromatic carbocycles. The lowest BCUT2D eigenvalue weighted by Gasteiger charge is -2.25. The average Bonchev–Trinajstić information content (AvgIpc) is 2.71. The molecular formula is C10H15BrN2O5S2. The third-order valence-electron chi connectivity index (χ3n) is 2.98. The lowest BCUT2D eigenvalue weighted by atomic mass is 10.4. The van der Waals surface area contributed by atoms with Crippen LogP contribution in [-0.4, -0.2) is 52.8 Å². The maximum absolute atomic E-state index is 12.5. The largest absolute Gasteiger partial charge is 0.452 e. The Labute approximate surface area is 126 Å². The Balaban J connectivity index is 2.27. The van der Waals surface area contributed by atoms with Gasteiger partial charge in [-0.05, 0) is 23.0 Å². The van der Waals surface area contributed by atoms with E-state index in [1.807, 2.05) is 0 Å². The Morgan fingerprint density at radius 3 is 2.55 bits per heavy atom. The van der Waals surface area contributed by atoms with E-state index >= 15 is 0 Å². The molecule has 1 saturated heterocycles. The van der Waals surface area contributed by atoms with Crippen LogP contribution in [0.25, 0.3) is 0 Å². The first-order valence-corrected chi connectivity index (χ1v) is 9.95. The molecule has 1 aliphatic heterocycles. The van der Waals surface area contributed by atoms with E-state index in [0.29, 0.717) is 12.3 Å². The summed E-state index contributed by atoms with van der Waals surface area (Å²) >= 11 is 3.09. The van der Waals surface area contributed by atoms with Gasteiger partial charge in [-0.25, -0.2) is 16.8 Å². The Morgan fingerprint density at radius 1 is 1.40 bits per heavy atom. The van der Waals surface area contributed by atoms with Gasteiger partial charge < -0.3 is 9.73 Å². The highest BCUT2D eigenvalue weighted by atomic mass is 79.9. The van der Waals surface area contributed by atoms with Crippen molar-refractivity contribution >= 4 is 35.8 Å². The fourth-order valence-corrected chi connectivity index (χ4v) is 5.74. The van der Waals surface area contributed by atoms with Gasteiger partial charge in [-0.1, -0.05) is 0 Å². The summed E-state index contributed by atoms with van der Waals surface area (Å²) in [6.07, 6.45) is 0. The summed E-state index contributed by atoms with van der Waals surface area (Å²) in [7, 11) is -5.14. The normalized spacial score (nSPS) is 20.1. The molecule has 7 nitrogen and oxygen atoms in total. The van der Waals surface area contributed by atoms with E-state index in [-0.39, 0.29) is 34.2 Å². The zero-order valence-corrected chi connectivity index (χ0v) is 14.0. The summed E-state index contributed by atoms with van der Waals surface area (Å²) in [5.74, 6) is 0.193. The van der Waals surface area contributed by atoms with Crippen molar-refractivity contribution in [2.24, 2.45) is 0 Å². The monoisotopic (exact) mass is 386 g/mol. The molecule has 1 aromatic heterocycles. The zero-order chi connectivity index (χ0) is 15.0. The summed E-state index contributed by atoms with van der Waals surface area (Å²) in [6, 6.07) is 1.44. The predicted octanol–water partition coefficient (Wildman–Crippen LogP) is 0.181. The number of halogens is 1. The summed E-state index contributed by atoms with van der Waals surface area (Å²) in [4.78, 5) is 0.0297. The molecular weight excluding hydrogens is 372 g/mol. The molecule has 0 radical (unpaired) electrons. The van der Waals surface area contributed by atoms with E-state index in [2.05, 4.69) is 21.2 Å². The molecule has 1 aromatic rings. The van der Waals surface area contributed by atoms with Crippen molar-refractivity contribution in [1.29, 1.82) is 0 Å². The second-order valence-corrected chi connectivity index (χ2v) is 9.37. The molecule has 20 heavy (non-hydrogen) atoms. The van der Waals surface area contributed by atoms with Gasteiger partial charge in [0.1, 0.15) is 10.7 Å². The van der Waals surface area contributed by atoms with E-state index in [0.717, 1.165) is 0 Å². The molecule has 0 unspecified atom stereocenters. The molecule has 0 spiro atoms. The maximum atomic E-state index is 12.5. The van der Waals surface area contributed by atoms with Crippen LogP contribution in [0.1, 0.15) is 5.76 Å². The van der Waals surface area contributed by atoms with Crippen molar-refractivity contribution in [2.75, 3.05) is 31.6 Å². The van der Waals surface area contributed by atoms with Crippen LogP contribution in [0, 0.1) is 0 Å². The number of sulfone groups is 1. The first-order chi connectivity index (χ1) is 9.26. The lowest BCUT2D eigenvalue weighted by molar-refractivity contribution is 0.427. The van der Waals surface area contributed by atoms with Crippen LogP contribution < -0.4 is 5.32 Å². The Kier molecular flexibility index (Phi) is 4.59. The van der Waals surface area contributed by atoms with Gasteiger partial charge in [0, 0.05) is 19.2 Å². The Hall–Kier alpha value is -0.420. The Bertz CT molecular complexity index is 681. The fraction of sp³-hybridized carbons (Fsp3) is 0.600. The number of furan rings is 1. The minimum atomic E-state index is -3.74. The molecule has 0 amide bonds. The fourth-order valence-electron chi connectivity index (χ4n) is 1.91. The standard InChI is InChI=1S/C10H15BrN2O5S2/c1-12-7-8-6-9(10(11)18-8)20(16,17)13-2-4-19(14,15)5-3-13/h6,12H,2-5,7H2,1H3. The number of nitrogens with zero attached hydrogens (tertiary/aromatic N) is 1. The van der Waals surface area contributed by atoms with Gasteiger partial charge >= 0.3 is 0 Å². The highest BCUT2D eigenvalue weighted by Crippen LogP contribution is 2.29. The van der Waals surface area contributed by atoms with Gasteiger partial charge in [-0.3, -0.25) is 0 Å². The van der Waals surface area contributed by atoms with Gasteiger partial charge in [0.05, 0.1) is 18.1 Å². The van der Waals surface area contributed by atoms with Crippen LogP contribution in [0.4, 0.5) is 0 Å². The highest BCUT2D eigenvalue weighted by Gasteiger charge is 2.33. The molecule has 0 bridgehead atoms.